The molecule has 0 atom stereocenters. The van der Waals surface area contributed by atoms with E-state index in [4.69, 9.17) is 11.6 Å². The molecule has 1 heterocycles. The Hall–Kier alpha value is -0.870. The largest absolute Gasteiger partial charge is 0.389 e. The van der Waals surface area contributed by atoms with Crippen LogP contribution in [0.2, 0.25) is 5.15 Å². The highest BCUT2D eigenvalue weighted by Crippen LogP contribution is 2.40. The van der Waals surface area contributed by atoms with E-state index in [2.05, 4.69) is 21.8 Å². The van der Waals surface area contributed by atoms with E-state index < -0.39 is 5.60 Å². The molecular formula is C14H22ClN3O. The summed E-state index contributed by atoms with van der Waals surface area (Å²) in [6.07, 6.45) is 2.30. The van der Waals surface area contributed by atoms with Crippen molar-refractivity contribution in [1.29, 1.82) is 0 Å². The third-order valence-corrected chi connectivity index (χ3v) is 3.65. The standard InChI is InChI=1S/C14H22ClN3O/c1-5-18(8-14(3,4)19)13-9(2)11(15)16-12(17-13)10-6-7-10/h10,19H,5-8H2,1-4H3. The lowest BCUT2D eigenvalue weighted by atomic mass is 10.1. The Morgan fingerprint density at radius 2 is 2.00 bits per heavy atom. The van der Waals surface area contributed by atoms with Crippen molar-refractivity contribution >= 4 is 17.4 Å². The summed E-state index contributed by atoms with van der Waals surface area (Å²) in [4.78, 5) is 11.1. The van der Waals surface area contributed by atoms with E-state index in [-0.39, 0.29) is 0 Å². The summed E-state index contributed by atoms with van der Waals surface area (Å²) < 4.78 is 0. The number of rotatable bonds is 5. The molecule has 1 aliphatic rings. The van der Waals surface area contributed by atoms with Gasteiger partial charge in [0, 0.05) is 24.6 Å². The van der Waals surface area contributed by atoms with Crippen molar-refractivity contribution in [2.24, 2.45) is 0 Å². The van der Waals surface area contributed by atoms with Crippen LogP contribution in [-0.4, -0.2) is 33.8 Å². The van der Waals surface area contributed by atoms with E-state index in [0.29, 0.717) is 17.6 Å². The minimum atomic E-state index is -0.764. The summed E-state index contributed by atoms with van der Waals surface area (Å²) in [6.45, 7) is 8.90. The van der Waals surface area contributed by atoms with Crippen molar-refractivity contribution in [3.63, 3.8) is 0 Å². The molecule has 4 nitrogen and oxygen atoms in total. The molecule has 1 aliphatic carbocycles. The Morgan fingerprint density at radius 1 is 1.37 bits per heavy atom. The minimum Gasteiger partial charge on any atom is -0.389 e. The number of aromatic nitrogens is 2. The molecule has 0 radical (unpaired) electrons. The van der Waals surface area contributed by atoms with Crippen LogP contribution in [0.5, 0.6) is 0 Å². The molecule has 5 heteroatoms. The van der Waals surface area contributed by atoms with E-state index in [1.54, 1.807) is 13.8 Å². The second kappa shape index (κ2) is 5.25. The smallest absolute Gasteiger partial charge is 0.137 e. The molecule has 2 rings (SSSR count). The van der Waals surface area contributed by atoms with Gasteiger partial charge in [-0.25, -0.2) is 9.97 Å². The van der Waals surface area contributed by atoms with E-state index in [1.165, 1.54) is 0 Å². The number of anilines is 1. The monoisotopic (exact) mass is 283 g/mol. The van der Waals surface area contributed by atoms with Gasteiger partial charge < -0.3 is 10.0 Å². The van der Waals surface area contributed by atoms with E-state index in [0.717, 1.165) is 36.6 Å². The summed E-state index contributed by atoms with van der Waals surface area (Å²) >= 11 is 6.22. The van der Waals surface area contributed by atoms with Gasteiger partial charge in [0.15, 0.2) is 0 Å². The number of aliphatic hydroxyl groups is 1. The van der Waals surface area contributed by atoms with Crippen LogP contribution >= 0.6 is 11.6 Å². The van der Waals surface area contributed by atoms with Crippen LogP contribution in [0.15, 0.2) is 0 Å². The van der Waals surface area contributed by atoms with Crippen LogP contribution in [-0.2, 0) is 0 Å². The summed E-state index contributed by atoms with van der Waals surface area (Å²) in [5, 5.41) is 10.5. The summed E-state index contributed by atoms with van der Waals surface area (Å²) in [6, 6.07) is 0. The Kier molecular flexibility index (Phi) is 4.02. The van der Waals surface area contributed by atoms with Crippen molar-refractivity contribution in [2.45, 2.75) is 52.1 Å². The van der Waals surface area contributed by atoms with Crippen molar-refractivity contribution in [3.05, 3.63) is 16.5 Å². The summed E-state index contributed by atoms with van der Waals surface area (Å²) in [7, 11) is 0. The molecule has 0 unspecified atom stereocenters. The number of halogens is 1. The fourth-order valence-electron chi connectivity index (χ4n) is 2.13. The van der Waals surface area contributed by atoms with Gasteiger partial charge in [-0.3, -0.25) is 0 Å². The Morgan fingerprint density at radius 3 is 2.47 bits per heavy atom. The zero-order chi connectivity index (χ0) is 14.2. The topological polar surface area (TPSA) is 49.2 Å². The molecule has 0 saturated heterocycles. The zero-order valence-electron chi connectivity index (χ0n) is 12.1. The van der Waals surface area contributed by atoms with Gasteiger partial charge >= 0.3 is 0 Å². The van der Waals surface area contributed by atoms with E-state index in [1.807, 2.05) is 6.92 Å². The lowest BCUT2D eigenvalue weighted by molar-refractivity contribution is 0.0874. The summed E-state index contributed by atoms with van der Waals surface area (Å²) in [5.74, 6) is 2.17. The lowest BCUT2D eigenvalue weighted by Gasteiger charge is -2.30. The highest BCUT2D eigenvalue weighted by atomic mass is 35.5. The quantitative estimate of drug-likeness (QED) is 0.844. The average molecular weight is 284 g/mol. The lowest BCUT2D eigenvalue weighted by Crippen LogP contribution is -2.39. The van der Waals surface area contributed by atoms with Gasteiger partial charge in [0.05, 0.1) is 5.60 Å². The molecule has 0 spiro atoms. The molecule has 1 aromatic heterocycles. The first-order valence-electron chi connectivity index (χ1n) is 6.83. The third-order valence-electron chi connectivity index (χ3n) is 3.28. The molecule has 1 aromatic rings. The van der Waals surface area contributed by atoms with Gasteiger partial charge in [-0.2, -0.15) is 0 Å². The van der Waals surface area contributed by atoms with Gasteiger partial charge in [0.25, 0.3) is 0 Å². The molecule has 106 valence electrons. The van der Waals surface area contributed by atoms with Gasteiger partial charge in [-0.1, -0.05) is 11.6 Å². The summed E-state index contributed by atoms with van der Waals surface area (Å²) in [5.41, 5.74) is 0.122. The second-order valence-electron chi connectivity index (χ2n) is 5.92. The van der Waals surface area contributed by atoms with Crippen molar-refractivity contribution in [1.82, 2.24) is 9.97 Å². The molecule has 0 aromatic carbocycles. The highest BCUT2D eigenvalue weighted by molar-refractivity contribution is 6.30. The van der Waals surface area contributed by atoms with Gasteiger partial charge in [0.2, 0.25) is 0 Å². The molecule has 1 fully saturated rings. The number of likely N-dealkylation sites (N-methyl/N-ethyl adjacent to an activating group) is 1. The van der Waals surface area contributed by atoms with Crippen molar-refractivity contribution in [3.8, 4) is 0 Å². The number of hydrogen-bond acceptors (Lipinski definition) is 4. The molecule has 0 bridgehead atoms. The predicted molar refractivity (Wildman–Crippen MR) is 77.9 cm³/mol. The maximum absolute atomic E-state index is 10.0. The maximum atomic E-state index is 10.0. The van der Waals surface area contributed by atoms with Crippen molar-refractivity contribution in [2.75, 3.05) is 18.0 Å². The Bertz CT molecular complexity index is 466. The molecule has 0 aliphatic heterocycles. The Labute approximate surface area is 119 Å². The number of hydrogen-bond donors (Lipinski definition) is 1. The van der Waals surface area contributed by atoms with Crippen LogP contribution in [0.4, 0.5) is 5.82 Å². The molecule has 0 amide bonds. The Balaban J connectivity index is 2.35. The fourth-order valence-corrected chi connectivity index (χ4v) is 2.30. The second-order valence-corrected chi connectivity index (χ2v) is 6.28. The normalized spacial score (nSPS) is 15.7. The van der Waals surface area contributed by atoms with Crippen LogP contribution in [0.3, 0.4) is 0 Å². The molecular weight excluding hydrogens is 262 g/mol. The van der Waals surface area contributed by atoms with E-state index >= 15 is 0 Å². The predicted octanol–water partition coefficient (Wildman–Crippen LogP) is 2.91. The number of nitrogens with zero attached hydrogens (tertiary/aromatic N) is 3. The molecule has 19 heavy (non-hydrogen) atoms. The molecule has 1 N–H and O–H groups in total. The van der Waals surface area contributed by atoms with Crippen LogP contribution in [0.1, 0.15) is 50.9 Å². The maximum Gasteiger partial charge on any atom is 0.137 e. The molecule has 1 saturated carbocycles. The minimum absolute atomic E-state index is 0.470. The van der Waals surface area contributed by atoms with Crippen LogP contribution in [0.25, 0.3) is 0 Å². The first kappa shape index (κ1) is 14.5. The van der Waals surface area contributed by atoms with Gasteiger partial charge in [-0.05, 0) is 40.5 Å². The third kappa shape index (κ3) is 3.57. The van der Waals surface area contributed by atoms with E-state index in [9.17, 15) is 5.11 Å². The van der Waals surface area contributed by atoms with Gasteiger partial charge in [-0.15, -0.1) is 0 Å². The van der Waals surface area contributed by atoms with Crippen LogP contribution in [0, 0.1) is 6.92 Å². The first-order chi connectivity index (χ1) is 8.81. The fraction of sp³-hybridized carbons (Fsp3) is 0.714. The van der Waals surface area contributed by atoms with Crippen molar-refractivity contribution < 1.29 is 5.11 Å². The van der Waals surface area contributed by atoms with Crippen LogP contribution < -0.4 is 4.90 Å². The van der Waals surface area contributed by atoms with Gasteiger partial charge in [0.1, 0.15) is 16.8 Å². The SMILES string of the molecule is CCN(CC(C)(C)O)c1nc(C2CC2)nc(Cl)c1C. The first-order valence-corrected chi connectivity index (χ1v) is 7.21. The average Bonchev–Trinajstić information content (AvgIpc) is 3.12. The zero-order valence-corrected chi connectivity index (χ0v) is 12.8. The highest BCUT2D eigenvalue weighted by Gasteiger charge is 2.29.